The number of hydrogen-bond donors (Lipinski definition) is 2. The maximum atomic E-state index is 12.4. The Balaban J connectivity index is 0.00000380. The largest absolute Gasteiger partial charge is 0.497 e. The van der Waals surface area contributed by atoms with Gasteiger partial charge in [-0.05, 0) is 59.7 Å². The van der Waals surface area contributed by atoms with Crippen LogP contribution in [0, 0.1) is 0 Å². The van der Waals surface area contributed by atoms with Crippen molar-refractivity contribution in [1.29, 1.82) is 0 Å². The summed E-state index contributed by atoms with van der Waals surface area (Å²) in [5.41, 5.74) is 2.95. The molecule has 191 valence electrons. The Morgan fingerprint density at radius 1 is 0.649 bits per heavy atom. The van der Waals surface area contributed by atoms with Crippen molar-refractivity contribution < 1.29 is 35.8 Å². The monoisotopic (exact) mass is 539 g/mol. The molecule has 2 N–H and O–H groups in total. The third-order valence-electron chi connectivity index (χ3n) is 5.91. The molecule has 2 aromatic carbocycles. The molecule has 0 aliphatic heterocycles. The first kappa shape index (κ1) is 27.5. The fraction of sp³-hybridized carbons (Fsp3) is 0.133. The predicted octanol–water partition coefficient (Wildman–Crippen LogP) is 4.82. The van der Waals surface area contributed by atoms with E-state index in [2.05, 4.69) is 10.6 Å². The maximum absolute atomic E-state index is 12.4. The smallest absolute Gasteiger partial charge is 0.187 e. The summed E-state index contributed by atoms with van der Waals surface area (Å²) in [7, 11) is 3.25. The standard InChI is InChI=1S/C30H28N2O4.Co/c1-35-25-13-7-11-21(17-25)29(31-19-23-9-3-5-15-27(23)33)30(22-12-8-14-26(18-22)36-2)32-20-24-10-4-6-16-28(24)34;/h3-20,29-32H,1-2H3;/b23-19-,24-20-;/t29-,30+;. The van der Waals surface area contributed by atoms with Crippen LogP contribution in [0.15, 0.2) is 121 Å². The second-order valence-electron chi connectivity index (χ2n) is 8.21. The van der Waals surface area contributed by atoms with Crippen LogP contribution in [-0.4, -0.2) is 25.8 Å². The molecule has 2 aliphatic rings. The minimum absolute atomic E-state index is 0. The average Bonchev–Trinajstić information content (AvgIpc) is 2.92. The summed E-state index contributed by atoms with van der Waals surface area (Å²) in [5, 5.41) is 6.90. The van der Waals surface area contributed by atoms with Crippen LogP contribution in [-0.2, 0) is 26.4 Å². The summed E-state index contributed by atoms with van der Waals surface area (Å²) in [6.07, 6.45) is 17.1. The molecule has 2 aliphatic carbocycles. The number of hydrogen-bond acceptors (Lipinski definition) is 6. The first-order valence-electron chi connectivity index (χ1n) is 11.6. The fourth-order valence-corrected chi connectivity index (χ4v) is 4.00. The zero-order chi connectivity index (χ0) is 25.3. The second-order valence-corrected chi connectivity index (χ2v) is 8.21. The van der Waals surface area contributed by atoms with Crippen molar-refractivity contribution in [2.75, 3.05) is 14.2 Å². The van der Waals surface area contributed by atoms with E-state index in [-0.39, 0.29) is 40.4 Å². The van der Waals surface area contributed by atoms with E-state index >= 15 is 0 Å². The van der Waals surface area contributed by atoms with Crippen LogP contribution in [0.1, 0.15) is 23.2 Å². The number of rotatable bonds is 9. The van der Waals surface area contributed by atoms with Gasteiger partial charge < -0.3 is 20.1 Å². The summed E-state index contributed by atoms with van der Waals surface area (Å²) < 4.78 is 11.0. The number of ketones is 2. The third kappa shape index (κ3) is 7.00. The van der Waals surface area contributed by atoms with Crippen molar-refractivity contribution in [3.05, 3.63) is 132 Å². The number of benzene rings is 2. The molecule has 1 radical (unpaired) electrons. The van der Waals surface area contributed by atoms with Crippen LogP contribution in [0.2, 0.25) is 0 Å². The van der Waals surface area contributed by atoms with E-state index in [1.165, 1.54) is 12.2 Å². The van der Waals surface area contributed by atoms with Crippen LogP contribution in [0.4, 0.5) is 0 Å². The number of methoxy groups -OCH3 is 2. The predicted molar refractivity (Wildman–Crippen MR) is 140 cm³/mol. The molecule has 0 amide bonds. The molecule has 2 aromatic rings. The van der Waals surface area contributed by atoms with Crippen molar-refractivity contribution in [1.82, 2.24) is 10.6 Å². The van der Waals surface area contributed by atoms with Gasteiger partial charge in [0.1, 0.15) is 11.5 Å². The number of carbonyl (C=O) groups excluding carboxylic acids is 2. The third-order valence-corrected chi connectivity index (χ3v) is 5.91. The van der Waals surface area contributed by atoms with Gasteiger partial charge in [0.15, 0.2) is 11.6 Å². The first-order valence-corrected chi connectivity index (χ1v) is 11.6. The van der Waals surface area contributed by atoms with Gasteiger partial charge in [0, 0.05) is 40.3 Å². The van der Waals surface area contributed by atoms with E-state index in [0.717, 1.165) is 11.1 Å². The molecule has 0 heterocycles. The summed E-state index contributed by atoms with van der Waals surface area (Å²) in [5.74, 6) is 1.27. The Morgan fingerprint density at radius 2 is 1.05 bits per heavy atom. The number of nitrogens with one attached hydrogen (secondary N) is 2. The Kier molecular flexibility index (Phi) is 9.89. The van der Waals surface area contributed by atoms with Crippen molar-refractivity contribution in [2.24, 2.45) is 0 Å². The van der Waals surface area contributed by atoms with Gasteiger partial charge in [-0.15, -0.1) is 0 Å². The molecule has 0 spiro atoms. The Hall–Kier alpha value is -4.07. The van der Waals surface area contributed by atoms with Gasteiger partial charge >= 0.3 is 0 Å². The minimum atomic E-state index is -0.345. The van der Waals surface area contributed by atoms with Crippen LogP contribution in [0.5, 0.6) is 11.5 Å². The summed E-state index contributed by atoms with van der Waals surface area (Å²) >= 11 is 0. The average molecular weight is 539 g/mol. The zero-order valence-corrected chi connectivity index (χ0v) is 21.6. The van der Waals surface area contributed by atoms with E-state index in [1.54, 1.807) is 50.9 Å². The maximum Gasteiger partial charge on any atom is 0.187 e. The van der Waals surface area contributed by atoms with Crippen molar-refractivity contribution in [2.45, 2.75) is 12.1 Å². The topological polar surface area (TPSA) is 76.7 Å². The van der Waals surface area contributed by atoms with E-state index < -0.39 is 0 Å². The van der Waals surface area contributed by atoms with E-state index in [0.29, 0.717) is 22.6 Å². The van der Waals surface area contributed by atoms with Crippen LogP contribution in [0.25, 0.3) is 0 Å². The number of allylic oxidation sites excluding steroid dienone is 10. The molecule has 0 aromatic heterocycles. The molecular formula is C30H28CoN2O4. The summed E-state index contributed by atoms with van der Waals surface area (Å²) in [6, 6.07) is 14.8. The van der Waals surface area contributed by atoms with Crippen LogP contribution < -0.4 is 20.1 Å². The number of ether oxygens (including phenoxy) is 2. The van der Waals surface area contributed by atoms with Gasteiger partial charge in [-0.1, -0.05) is 48.6 Å². The van der Waals surface area contributed by atoms with Crippen LogP contribution in [0.3, 0.4) is 0 Å². The molecule has 0 unspecified atom stereocenters. The molecule has 0 bridgehead atoms. The van der Waals surface area contributed by atoms with Crippen molar-refractivity contribution in [3.8, 4) is 11.5 Å². The molecule has 6 nitrogen and oxygen atoms in total. The number of carbonyl (C=O) groups is 2. The summed E-state index contributed by atoms with van der Waals surface area (Å²) in [6.45, 7) is 0. The van der Waals surface area contributed by atoms with Gasteiger partial charge in [0.25, 0.3) is 0 Å². The van der Waals surface area contributed by atoms with Gasteiger partial charge in [0.05, 0.1) is 26.3 Å². The molecule has 0 fully saturated rings. The van der Waals surface area contributed by atoms with Crippen molar-refractivity contribution in [3.63, 3.8) is 0 Å². The summed E-state index contributed by atoms with van der Waals surface area (Å²) in [4.78, 5) is 24.8. The van der Waals surface area contributed by atoms with Gasteiger partial charge in [0.2, 0.25) is 0 Å². The first-order chi connectivity index (χ1) is 17.6. The molecule has 37 heavy (non-hydrogen) atoms. The Bertz CT molecular complexity index is 1220. The zero-order valence-electron chi connectivity index (χ0n) is 20.5. The molecule has 4 rings (SSSR count). The van der Waals surface area contributed by atoms with Gasteiger partial charge in [-0.2, -0.15) is 0 Å². The molecule has 7 heteroatoms. The van der Waals surface area contributed by atoms with Gasteiger partial charge in [-0.25, -0.2) is 0 Å². The van der Waals surface area contributed by atoms with Crippen LogP contribution >= 0.6 is 0 Å². The molecule has 2 atom stereocenters. The SMILES string of the molecule is COc1cccc([C@@H](N/C=C2/C=CC=CC2=O)[C@@H](N/C=C2/C=CC=CC2=O)c2cccc(OC)c2)c1.[Co]. The normalized spacial score (nSPS) is 17.9. The van der Waals surface area contributed by atoms with E-state index in [4.69, 9.17) is 9.47 Å². The minimum Gasteiger partial charge on any atom is -0.497 e. The quantitative estimate of drug-likeness (QED) is 0.445. The fourth-order valence-electron chi connectivity index (χ4n) is 4.00. The van der Waals surface area contributed by atoms with E-state index in [1.807, 2.05) is 60.7 Å². The van der Waals surface area contributed by atoms with Gasteiger partial charge in [-0.3, -0.25) is 9.59 Å². The van der Waals surface area contributed by atoms with E-state index in [9.17, 15) is 9.59 Å². The molecule has 0 saturated carbocycles. The molecular weight excluding hydrogens is 511 g/mol. The molecule has 0 saturated heterocycles. The Morgan fingerprint density at radius 3 is 1.43 bits per heavy atom. The van der Waals surface area contributed by atoms with Crippen molar-refractivity contribution >= 4 is 11.6 Å². The second kappa shape index (κ2) is 13.3. The Labute approximate surface area is 227 Å².